The summed E-state index contributed by atoms with van der Waals surface area (Å²) in [4.78, 5) is 14.3. The van der Waals surface area contributed by atoms with E-state index in [0.29, 0.717) is 16.6 Å². The molecule has 1 aromatic heterocycles. The van der Waals surface area contributed by atoms with Gasteiger partial charge < -0.3 is 20.9 Å². The minimum atomic E-state index is -0.962. The van der Waals surface area contributed by atoms with Gasteiger partial charge >= 0.3 is 0 Å². The van der Waals surface area contributed by atoms with Crippen molar-refractivity contribution in [3.8, 4) is 0 Å². The number of nitrogens with two attached hydrogens (primary N) is 1. The number of amidine groups is 1. The maximum atomic E-state index is 10.6. The topological polar surface area (TPSA) is 105 Å². The van der Waals surface area contributed by atoms with E-state index >= 15 is 0 Å². The van der Waals surface area contributed by atoms with Crippen molar-refractivity contribution in [3.63, 3.8) is 0 Å². The van der Waals surface area contributed by atoms with Gasteiger partial charge in [-0.2, -0.15) is 0 Å². The average Bonchev–Trinajstić information content (AvgIpc) is 3.23. The van der Waals surface area contributed by atoms with E-state index in [1.54, 1.807) is 19.2 Å². The molecule has 7 nitrogen and oxygen atoms in total. The summed E-state index contributed by atoms with van der Waals surface area (Å²) in [7, 11) is 1.79. The number of methoxy groups -OCH3 is 1. The Hall–Kier alpha value is -2.48. The molecule has 1 aliphatic heterocycles. The number of anilines is 1. The molecular weight excluding hydrogens is 426 g/mol. The summed E-state index contributed by atoms with van der Waals surface area (Å²) in [6, 6.07) is 9.58. The molecule has 5 rings (SSSR count). The molecule has 2 atom stereocenters. The minimum absolute atomic E-state index is 0.109. The third kappa shape index (κ3) is 3.31. The van der Waals surface area contributed by atoms with Gasteiger partial charge in [0.15, 0.2) is 11.9 Å². The number of halogens is 1. The zero-order chi connectivity index (χ0) is 22.5. The summed E-state index contributed by atoms with van der Waals surface area (Å²) < 4.78 is 5.63. The van der Waals surface area contributed by atoms with Crippen LogP contribution >= 0.6 is 11.6 Å². The second-order valence-electron chi connectivity index (χ2n) is 9.08. The number of nitrogens with zero attached hydrogens (tertiary/aromatic N) is 3. The molecule has 2 heterocycles. The number of aromatic nitrogens is 1. The van der Waals surface area contributed by atoms with Crippen LogP contribution < -0.4 is 11.1 Å². The molecule has 2 unspecified atom stereocenters. The first-order valence-electron chi connectivity index (χ1n) is 11.0. The highest BCUT2D eigenvalue weighted by atomic mass is 35.5. The van der Waals surface area contributed by atoms with Gasteiger partial charge in [0.1, 0.15) is 5.84 Å². The lowest BCUT2D eigenvalue weighted by molar-refractivity contribution is -0.000373. The van der Waals surface area contributed by atoms with E-state index in [1.165, 1.54) is 11.8 Å². The van der Waals surface area contributed by atoms with Crippen molar-refractivity contribution in [2.75, 3.05) is 12.4 Å². The molecule has 0 amide bonds. The van der Waals surface area contributed by atoms with Crippen LogP contribution in [0, 0.1) is 5.41 Å². The maximum absolute atomic E-state index is 10.6. The largest absolute Gasteiger partial charge is 0.382 e. The Bertz CT molecular complexity index is 1070. The van der Waals surface area contributed by atoms with Gasteiger partial charge in [0.25, 0.3) is 0 Å². The molecule has 2 aliphatic carbocycles. The molecule has 1 fully saturated rings. The van der Waals surface area contributed by atoms with Crippen molar-refractivity contribution in [2.45, 2.75) is 57.0 Å². The fourth-order valence-corrected chi connectivity index (χ4v) is 5.65. The zero-order valence-corrected chi connectivity index (χ0v) is 19.1. The van der Waals surface area contributed by atoms with Crippen molar-refractivity contribution in [1.82, 2.24) is 4.98 Å². The van der Waals surface area contributed by atoms with E-state index in [-0.39, 0.29) is 11.5 Å². The quantitative estimate of drug-likeness (QED) is 0.608. The Morgan fingerprint density at radius 3 is 2.62 bits per heavy atom. The van der Waals surface area contributed by atoms with E-state index < -0.39 is 11.9 Å². The number of aliphatic hydroxyl groups excluding tert-OH is 1. The lowest BCUT2D eigenvalue weighted by atomic mass is 9.65. The Balaban J connectivity index is 1.50. The number of ether oxygens (including phenoxy) is 1. The number of hydrogen-bond acceptors (Lipinski definition) is 7. The van der Waals surface area contributed by atoms with Crippen molar-refractivity contribution in [3.05, 3.63) is 58.4 Å². The van der Waals surface area contributed by atoms with Gasteiger partial charge in [-0.3, -0.25) is 9.98 Å². The number of aliphatic imine (C=N–C) groups is 2. The number of fused-ring (bicyclic) bond motifs is 3. The highest BCUT2D eigenvalue weighted by Crippen LogP contribution is 2.62. The van der Waals surface area contributed by atoms with Gasteiger partial charge in [-0.1, -0.05) is 17.7 Å². The van der Waals surface area contributed by atoms with Crippen LogP contribution in [0.25, 0.3) is 0 Å². The first kappa shape index (κ1) is 21.4. The Labute approximate surface area is 192 Å². The van der Waals surface area contributed by atoms with Gasteiger partial charge in [-0.05, 0) is 68.9 Å². The Kier molecular flexibility index (Phi) is 5.23. The first-order valence-corrected chi connectivity index (χ1v) is 11.4. The summed E-state index contributed by atoms with van der Waals surface area (Å²) in [6.45, 7) is 1.93. The first-order chi connectivity index (χ1) is 15.4. The number of rotatable bonds is 4. The Morgan fingerprint density at radius 2 is 2.00 bits per heavy atom. The molecule has 0 bridgehead atoms. The lowest BCUT2D eigenvalue weighted by Crippen LogP contribution is -2.43. The van der Waals surface area contributed by atoms with Gasteiger partial charge in [0.05, 0.1) is 22.5 Å². The standard InChI is InChI=1S/C24H28ClN5O2/c1-14-21(26)30-24(29-14)19-11-17(28-22(31)20-6-4-16(25)13-27-20)5-3-15(19)12-23(24)9-7-18(32-2)8-10-23/h3-6,11,13,18,22,28,31H,7-10,12H2,1-2H3,(H2,26,30). The molecule has 0 radical (unpaired) electrons. The van der Waals surface area contributed by atoms with Crippen LogP contribution in [0.15, 0.2) is 46.5 Å². The van der Waals surface area contributed by atoms with Gasteiger partial charge in [-0.15, -0.1) is 0 Å². The molecule has 32 heavy (non-hydrogen) atoms. The minimum Gasteiger partial charge on any atom is -0.382 e. The zero-order valence-electron chi connectivity index (χ0n) is 18.3. The molecule has 2 aromatic rings. The smallest absolute Gasteiger partial charge is 0.184 e. The van der Waals surface area contributed by atoms with Gasteiger partial charge in [0, 0.05) is 30.0 Å². The van der Waals surface area contributed by atoms with E-state index in [2.05, 4.69) is 22.4 Å². The van der Waals surface area contributed by atoms with E-state index in [9.17, 15) is 5.11 Å². The van der Waals surface area contributed by atoms with Crippen LogP contribution in [0.1, 0.15) is 55.7 Å². The highest BCUT2D eigenvalue weighted by molar-refractivity contribution is 6.41. The van der Waals surface area contributed by atoms with Gasteiger partial charge in [0.2, 0.25) is 0 Å². The number of hydrogen-bond donors (Lipinski definition) is 3. The van der Waals surface area contributed by atoms with Crippen molar-refractivity contribution in [2.24, 2.45) is 21.1 Å². The summed E-state index contributed by atoms with van der Waals surface area (Å²) in [5.41, 5.74) is 9.80. The van der Waals surface area contributed by atoms with E-state index in [4.69, 9.17) is 32.1 Å². The van der Waals surface area contributed by atoms with Crippen molar-refractivity contribution < 1.29 is 9.84 Å². The van der Waals surface area contributed by atoms with Crippen LogP contribution in [0.4, 0.5) is 5.69 Å². The Morgan fingerprint density at radius 1 is 1.22 bits per heavy atom. The van der Waals surface area contributed by atoms with Crippen LogP contribution in [0.3, 0.4) is 0 Å². The van der Waals surface area contributed by atoms with Gasteiger partial charge in [-0.25, -0.2) is 4.99 Å². The fourth-order valence-electron chi connectivity index (χ4n) is 5.54. The van der Waals surface area contributed by atoms with Crippen LogP contribution in [-0.4, -0.2) is 34.9 Å². The monoisotopic (exact) mass is 453 g/mol. The molecule has 1 saturated carbocycles. The second kappa shape index (κ2) is 7.83. The molecule has 8 heteroatoms. The van der Waals surface area contributed by atoms with Crippen LogP contribution in [0.5, 0.6) is 0 Å². The lowest BCUT2D eigenvalue weighted by Gasteiger charge is -2.44. The third-order valence-electron chi connectivity index (χ3n) is 7.29. The molecule has 3 aliphatic rings. The molecule has 0 saturated heterocycles. The molecule has 4 N–H and O–H groups in total. The molecule has 1 aromatic carbocycles. The van der Waals surface area contributed by atoms with Crippen LogP contribution in [-0.2, 0) is 16.8 Å². The van der Waals surface area contributed by atoms with E-state index in [1.807, 2.05) is 13.0 Å². The fraction of sp³-hybridized carbons (Fsp3) is 0.458. The highest BCUT2D eigenvalue weighted by Gasteiger charge is 2.60. The number of nitrogens with one attached hydrogen (secondary N) is 1. The average molecular weight is 454 g/mol. The number of aliphatic hydroxyl groups is 1. The summed E-state index contributed by atoms with van der Waals surface area (Å²) in [5.74, 6) is 0.509. The third-order valence-corrected chi connectivity index (χ3v) is 7.52. The van der Waals surface area contributed by atoms with Crippen LogP contribution in [0.2, 0.25) is 5.02 Å². The number of pyridine rings is 1. The summed E-state index contributed by atoms with van der Waals surface area (Å²) in [5, 5.41) is 14.3. The normalized spacial score (nSPS) is 29.7. The number of benzene rings is 1. The summed E-state index contributed by atoms with van der Waals surface area (Å²) in [6.07, 6.45) is 5.69. The molecular formula is C24H28ClN5O2. The maximum Gasteiger partial charge on any atom is 0.184 e. The summed E-state index contributed by atoms with van der Waals surface area (Å²) >= 11 is 5.92. The van der Waals surface area contributed by atoms with E-state index in [0.717, 1.165) is 49.1 Å². The second-order valence-corrected chi connectivity index (χ2v) is 9.52. The SMILES string of the molecule is COC1CCC2(CC1)Cc1ccc(NC(O)c3ccc(Cl)cn3)cc1C21N=C(C)C(N)=N1. The predicted molar refractivity (Wildman–Crippen MR) is 126 cm³/mol. The van der Waals surface area contributed by atoms with Crippen molar-refractivity contribution >= 4 is 28.8 Å². The predicted octanol–water partition coefficient (Wildman–Crippen LogP) is 3.95. The molecule has 2 spiro atoms. The van der Waals surface area contributed by atoms with Crippen molar-refractivity contribution in [1.29, 1.82) is 0 Å². The molecule has 168 valence electrons.